The molecule has 42 heavy (non-hydrogen) atoms. The molecule has 0 amide bonds. The van der Waals surface area contributed by atoms with E-state index in [1.54, 1.807) is 0 Å². The number of aromatic nitrogens is 1. The summed E-state index contributed by atoms with van der Waals surface area (Å²) in [5.41, 5.74) is 7.41. The van der Waals surface area contributed by atoms with Gasteiger partial charge in [-0.25, -0.2) is 11.1 Å². The Morgan fingerprint density at radius 3 is 2.24 bits per heavy atom. The second-order valence-electron chi connectivity index (χ2n) is 14.7. The lowest BCUT2D eigenvalue weighted by atomic mass is 9.83. The molecule has 1 aromatic heterocycles. The summed E-state index contributed by atoms with van der Waals surface area (Å²) in [6, 6.07) is 18.2. The van der Waals surface area contributed by atoms with E-state index in [2.05, 4.69) is 113 Å². The van der Waals surface area contributed by atoms with Crippen molar-refractivity contribution in [2.45, 2.75) is 80.2 Å². The molecule has 0 saturated heterocycles. The summed E-state index contributed by atoms with van der Waals surface area (Å²) in [4.78, 5) is 3.86. The monoisotopic (exact) mass is 555 g/mol. The SMILES string of the molecule is [C-]#[N+]C(C)(C)Cc1ccc2cc3c4c([n+](C)ccc4c2c1)-c1c(c(CC(C)C)c2ccc(CC(C)(C)C)cc2c1C)O3. The quantitative estimate of drug-likeness (QED) is 0.118. The maximum Gasteiger partial charge on any atom is 0.231 e. The highest BCUT2D eigenvalue weighted by Crippen LogP contribution is 2.52. The van der Waals surface area contributed by atoms with Gasteiger partial charge in [0, 0.05) is 30.9 Å². The molecule has 3 heteroatoms. The van der Waals surface area contributed by atoms with Crippen molar-refractivity contribution in [1.29, 1.82) is 0 Å². The van der Waals surface area contributed by atoms with Crippen LogP contribution in [0.25, 0.3) is 48.4 Å². The normalized spacial score (nSPS) is 13.1. The van der Waals surface area contributed by atoms with Gasteiger partial charge in [-0.2, -0.15) is 0 Å². The molecule has 2 heterocycles. The molecular formula is C39H43N2O+. The number of nitrogens with zero attached hydrogens (tertiary/aromatic N) is 2. The maximum absolute atomic E-state index is 7.63. The Morgan fingerprint density at radius 1 is 0.857 bits per heavy atom. The first-order valence-corrected chi connectivity index (χ1v) is 15.3. The Bertz CT molecular complexity index is 1950. The summed E-state index contributed by atoms with van der Waals surface area (Å²) >= 11 is 0. The number of rotatable bonds is 5. The van der Waals surface area contributed by atoms with Crippen LogP contribution in [0.15, 0.2) is 54.7 Å². The third-order valence-corrected chi connectivity index (χ3v) is 8.69. The second-order valence-corrected chi connectivity index (χ2v) is 14.7. The lowest BCUT2D eigenvalue weighted by Gasteiger charge is -2.27. The van der Waals surface area contributed by atoms with E-state index in [4.69, 9.17) is 11.3 Å². The molecule has 0 spiro atoms. The van der Waals surface area contributed by atoms with Crippen LogP contribution in [-0.4, -0.2) is 5.54 Å². The van der Waals surface area contributed by atoms with Crippen LogP contribution >= 0.6 is 0 Å². The van der Waals surface area contributed by atoms with Crippen molar-refractivity contribution < 1.29 is 9.30 Å². The van der Waals surface area contributed by atoms with E-state index in [-0.39, 0.29) is 5.41 Å². The van der Waals surface area contributed by atoms with Crippen molar-refractivity contribution in [3.8, 4) is 22.8 Å². The first kappa shape index (κ1) is 28.2. The highest BCUT2D eigenvalue weighted by atomic mass is 16.5. The van der Waals surface area contributed by atoms with Gasteiger partial charge in [-0.05, 0) is 75.4 Å². The van der Waals surface area contributed by atoms with Gasteiger partial charge >= 0.3 is 0 Å². The number of hydrogen-bond donors (Lipinski definition) is 0. The number of ether oxygens (including phenoxy) is 1. The van der Waals surface area contributed by atoms with E-state index in [0.717, 1.165) is 30.8 Å². The summed E-state index contributed by atoms with van der Waals surface area (Å²) in [5, 5.41) is 7.40. The molecule has 214 valence electrons. The molecule has 3 nitrogen and oxygen atoms in total. The van der Waals surface area contributed by atoms with Crippen molar-refractivity contribution >= 4 is 32.3 Å². The van der Waals surface area contributed by atoms with Crippen LogP contribution in [0.2, 0.25) is 0 Å². The standard InChI is InChI=1S/C39H43N2O/c1-23(2)17-32-28-14-12-25(21-38(4,5)6)18-30(28)24(3)34-36-35-29(15-16-41(36)10)31-19-26(22-39(7,8)40-9)11-13-27(31)20-33(35)42-37(32)34/h11-16,18-20,23H,17,21-22H2,1-8,10H3/q+1. The fourth-order valence-corrected chi connectivity index (χ4v) is 6.91. The highest BCUT2D eigenvalue weighted by Gasteiger charge is 2.34. The smallest absolute Gasteiger partial charge is 0.231 e. The van der Waals surface area contributed by atoms with Crippen LogP contribution in [0.4, 0.5) is 0 Å². The van der Waals surface area contributed by atoms with E-state index in [1.807, 2.05) is 13.8 Å². The van der Waals surface area contributed by atoms with Gasteiger partial charge in [-0.3, -0.25) is 0 Å². The molecule has 0 radical (unpaired) electrons. The van der Waals surface area contributed by atoms with Gasteiger partial charge in [0.15, 0.2) is 6.20 Å². The van der Waals surface area contributed by atoms with Gasteiger partial charge in [0.25, 0.3) is 0 Å². The van der Waals surface area contributed by atoms with Crippen LogP contribution in [0, 0.1) is 24.8 Å². The van der Waals surface area contributed by atoms with Gasteiger partial charge in [0.05, 0.1) is 17.4 Å². The Balaban J connectivity index is 1.67. The number of benzene rings is 4. The molecular weight excluding hydrogens is 512 g/mol. The Kier molecular flexibility index (Phi) is 6.61. The van der Waals surface area contributed by atoms with Crippen molar-refractivity contribution in [3.63, 3.8) is 0 Å². The minimum Gasteiger partial charge on any atom is -0.455 e. The first-order chi connectivity index (χ1) is 19.8. The largest absolute Gasteiger partial charge is 0.455 e. The van der Waals surface area contributed by atoms with E-state index in [0.29, 0.717) is 5.92 Å². The zero-order chi connectivity index (χ0) is 30.1. The maximum atomic E-state index is 7.63. The molecule has 6 rings (SSSR count). The Morgan fingerprint density at radius 2 is 1.55 bits per heavy atom. The molecule has 1 aliphatic heterocycles. The lowest BCUT2D eigenvalue weighted by molar-refractivity contribution is -0.659. The molecule has 0 atom stereocenters. The predicted octanol–water partition coefficient (Wildman–Crippen LogP) is 10.1. The van der Waals surface area contributed by atoms with Gasteiger partial charge < -0.3 is 9.58 Å². The Labute approximate surface area is 251 Å². The van der Waals surface area contributed by atoms with Gasteiger partial charge in [-0.1, -0.05) is 71.0 Å². The average molecular weight is 556 g/mol. The van der Waals surface area contributed by atoms with E-state index in [1.165, 1.54) is 65.8 Å². The van der Waals surface area contributed by atoms with Crippen LogP contribution in [0.3, 0.4) is 0 Å². The molecule has 1 aliphatic rings. The zero-order valence-electron chi connectivity index (χ0n) is 26.7. The summed E-state index contributed by atoms with van der Waals surface area (Å²) in [6.07, 6.45) is 4.93. The number of hydrogen-bond acceptors (Lipinski definition) is 1. The van der Waals surface area contributed by atoms with Crippen molar-refractivity contribution in [1.82, 2.24) is 0 Å². The number of aryl methyl sites for hydroxylation is 2. The molecule has 0 unspecified atom stereocenters. The van der Waals surface area contributed by atoms with Crippen LogP contribution in [-0.2, 0) is 26.3 Å². The molecule has 0 saturated carbocycles. The molecule has 0 aliphatic carbocycles. The summed E-state index contributed by atoms with van der Waals surface area (Å²) in [6.45, 7) is 25.5. The third kappa shape index (κ3) is 4.82. The van der Waals surface area contributed by atoms with Gasteiger partial charge in [0.1, 0.15) is 18.5 Å². The van der Waals surface area contributed by atoms with Crippen molar-refractivity contribution in [2.24, 2.45) is 18.4 Å². The van der Waals surface area contributed by atoms with E-state index >= 15 is 0 Å². The van der Waals surface area contributed by atoms with Crippen LogP contribution in [0.5, 0.6) is 11.5 Å². The molecule has 0 N–H and O–H groups in total. The average Bonchev–Trinajstić information content (AvgIpc) is 2.91. The fraction of sp³-hybridized carbons (Fsp3) is 0.385. The number of fused-ring (bicyclic) bond motifs is 5. The van der Waals surface area contributed by atoms with E-state index < -0.39 is 5.54 Å². The lowest BCUT2D eigenvalue weighted by Crippen LogP contribution is -2.32. The summed E-state index contributed by atoms with van der Waals surface area (Å²) < 4.78 is 9.30. The van der Waals surface area contributed by atoms with Gasteiger partial charge in [-0.15, -0.1) is 0 Å². The minimum absolute atomic E-state index is 0.223. The highest BCUT2D eigenvalue weighted by molar-refractivity contribution is 6.16. The van der Waals surface area contributed by atoms with Crippen LogP contribution in [0.1, 0.15) is 70.7 Å². The topological polar surface area (TPSA) is 17.5 Å². The molecule has 4 aromatic carbocycles. The predicted molar refractivity (Wildman–Crippen MR) is 176 cm³/mol. The third-order valence-electron chi connectivity index (χ3n) is 8.69. The Hall–Kier alpha value is -3.90. The van der Waals surface area contributed by atoms with Crippen molar-refractivity contribution in [2.75, 3.05) is 0 Å². The number of pyridine rings is 1. The first-order valence-electron chi connectivity index (χ1n) is 15.3. The van der Waals surface area contributed by atoms with Crippen LogP contribution < -0.4 is 9.30 Å². The fourth-order valence-electron chi connectivity index (χ4n) is 6.91. The second kappa shape index (κ2) is 9.84. The molecule has 5 aromatic rings. The summed E-state index contributed by atoms with van der Waals surface area (Å²) in [5.74, 6) is 2.44. The van der Waals surface area contributed by atoms with Crippen molar-refractivity contribution in [3.05, 3.63) is 88.4 Å². The molecule has 0 bridgehead atoms. The molecule has 0 fully saturated rings. The zero-order valence-corrected chi connectivity index (χ0v) is 26.7. The summed E-state index contributed by atoms with van der Waals surface area (Å²) in [7, 11) is 2.16. The van der Waals surface area contributed by atoms with Gasteiger partial charge in [0.2, 0.25) is 11.2 Å². The van der Waals surface area contributed by atoms with E-state index in [9.17, 15) is 0 Å². The minimum atomic E-state index is -0.425.